The van der Waals surface area contributed by atoms with Crippen molar-refractivity contribution in [1.29, 1.82) is 0 Å². The van der Waals surface area contributed by atoms with E-state index in [1.165, 1.54) is 0 Å². The minimum Gasteiger partial charge on any atom is -0.243 e. The molecule has 4 aromatic carbocycles. The lowest BCUT2D eigenvalue weighted by atomic mass is 10.1. The monoisotopic (exact) mass is 452 g/mol. The minimum absolute atomic E-state index is 0.494. The lowest BCUT2D eigenvalue weighted by Gasteiger charge is -2.11. The van der Waals surface area contributed by atoms with Gasteiger partial charge in [-0.1, -0.05) is 121 Å². The van der Waals surface area contributed by atoms with Gasteiger partial charge in [0.2, 0.25) is 0 Å². The molecule has 0 spiro atoms. The molecule has 0 radical (unpaired) electrons. The second-order valence-electron chi connectivity index (χ2n) is 8.43. The van der Waals surface area contributed by atoms with Crippen molar-refractivity contribution in [3.8, 4) is 45.0 Å². The molecule has 4 nitrogen and oxygen atoms in total. The topological polar surface area (TPSA) is 35.6 Å². The smallest absolute Gasteiger partial charge is 0.134 e. The fourth-order valence-electron chi connectivity index (χ4n) is 4.36. The van der Waals surface area contributed by atoms with Crippen LogP contribution in [0.15, 0.2) is 133 Å². The van der Waals surface area contributed by atoms with E-state index in [1.54, 1.807) is 0 Å². The van der Waals surface area contributed by atoms with Crippen molar-refractivity contribution in [1.82, 2.24) is 19.6 Å². The molecule has 2 heterocycles. The maximum Gasteiger partial charge on any atom is 0.134 e. The van der Waals surface area contributed by atoms with Gasteiger partial charge in [0.1, 0.15) is 6.67 Å². The van der Waals surface area contributed by atoms with Crippen LogP contribution in [0, 0.1) is 0 Å². The molecule has 0 atom stereocenters. The average molecular weight is 453 g/mol. The largest absolute Gasteiger partial charge is 0.243 e. The van der Waals surface area contributed by atoms with Crippen molar-refractivity contribution in [3.05, 3.63) is 133 Å². The van der Waals surface area contributed by atoms with Crippen LogP contribution in [0.25, 0.3) is 45.0 Å². The van der Waals surface area contributed by atoms with Gasteiger partial charge in [-0.05, 0) is 23.3 Å². The number of hydrogen-bond acceptors (Lipinski definition) is 2. The molecule has 4 heteroatoms. The Morgan fingerprint density at radius 3 is 1.06 bits per heavy atom. The second kappa shape index (κ2) is 9.27. The Bertz CT molecular complexity index is 1410. The molecule has 0 bridgehead atoms. The molecule has 0 aliphatic rings. The summed E-state index contributed by atoms with van der Waals surface area (Å²) in [4.78, 5) is 0. The highest BCUT2D eigenvalue weighted by molar-refractivity contribution is 5.70. The first kappa shape index (κ1) is 20.9. The molecule has 0 aliphatic heterocycles. The van der Waals surface area contributed by atoms with E-state index in [0.29, 0.717) is 6.67 Å². The lowest BCUT2D eigenvalue weighted by molar-refractivity contribution is 0.514. The van der Waals surface area contributed by atoms with Crippen molar-refractivity contribution in [3.63, 3.8) is 0 Å². The van der Waals surface area contributed by atoms with Gasteiger partial charge in [0.05, 0.1) is 22.8 Å². The molecule has 0 N–H and O–H groups in total. The van der Waals surface area contributed by atoms with Gasteiger partial charge in [-0.15, -0.1) is 0 Å². The maximum absolute atomic E-state index is 5.02. The zero-order valence-corrected chi connectivity index (χ0v) is 19.2. The zero-order chi connectivity index (χ0) is 23.5. The van der Waals surface area contributed by atoms with E-state index in [2.05, 4.69) is 84.9 Å². The first-order valence-electron chi connectivity index (χ1n) is 11.7. The number of hydrogen-bond donors (Lipinski definition) is 0. The van der Waals surface area contributed by atoms with Crippen molar-refractivity contribution >= 4 is 0 Å². The predicted molar refractivity (Wildman–Crippen MR) is 142 cm³/mol. The quantitative estimate of drug-likeness (QED) is 0.267. The van der Waals surface area contributed by atoms with Crippen LogP contribution in [0.2, 0.25) is 0 Å². The highest BCUT2D eigenvalue weighted by Gasteiger charge is 2.16. The number of rotatable bonds is 6. The zero-order valence-electron chi connectivity index (χ0n) is 19.2. The van der Waals surface area contributed by atoms with Crippen LogP contribution < -0.4 is 0 Å². The van der Waals surface area contributed by atoms with Gasteiger partial charge in [-0.2, -0.15) is 10.2 Å². The molecule has 168 valence electrons. The number of aromatic nitrogens is 4. The molecule has 6 aromatic rings. The number of benzene rings is 4. The summed E-state index contributed by atoms with van der Waals surface area (Å²) in [5, 5.41) is 10.0. The van der Waals surface area contributed by atoms with Crippen molar-refractivity contribution in [2.24, 2.45) is 0 Å². The average Bonchev–Trinajstić information content (AvgIpc) is 3.56. The van der Waals surface area contributed by atoms with Gasteiger partial charge in [0, 0.05) is 11.1 Å². The number of nitrogens with zero attached hydrogens (tertiary/aromatic N) is 4. The maximum atomic E-state index is 5.02. The standard InChI is InChI=1S/C31H24N4/c1-5-13-24(14-6-1)28-21-30(26-17-9-3-10-18-26)34(32-28)23-35-31(27-19-11-4-12-20-27)22-29(33-35)25-15-7-2-8-16-25/h1-22H,23H2. The molecular formula is C31H24N4. The Morgan fingerprint density at radius 2 is 0.714 bits per heavy atom. The van der Waals surface area contributed by atoms with Gasteiger partial charge in [0.15, 0.2) is 0 Å². The summed E-state index contributed by atoms with van der Waals surface area (Å²) in [6.07, 6.45) is 0. The van der Waals surface area contributed by atoms with Crippen molar-refractivity contribution in [2.75, 3.05) is 0 Å². The van der Waals surface area contributed by atoms with Gasteiger partial charge < -0.3 is 0 Å². The molecule has 2 aromatic heterocycles. The van der Waals surface area contributed by atoms with Crippen LogP contribution in [0.4, 0.5) is 0 Å². The predicted octanol–water partition coefficient (Wildman–Crippen LogP) is 7.25. The van der Waals surface area contributed by atoms with Crippen LogP contribution in [0.3, 0.4) is 0 Å². The van der Waals surface area contributed by atoms with Crippen LogP contribution >= 0.6 is 0 Å². The van der Waals surface area contributed by atoms with Crippen molar-refractivity contribution < 1.29 is 0 Å². The van der Waals surface area contributed by atoms with Gasteiger partial charge >= 0.3 is 0 Å². The van der Waals surface area contributed by atoms with E-state index in [1.807, 2.05) is 57.9 Å². The Labute approximate surface area is 204 Å². The summed E-state index contributed by atoms with van der Waals surface area (Å²) in [5.74, 6) is 0. The van der Waals surface area contributed by atoms with Crippen LogP contribution in [0.5, 0.6) is 0 Å². The van der Waals surface area contributed by atoms with E-state index in [4.69, 9.17) is 10.2 Å². The molecular weight excluding hydrogens is 428 g/mol. The van der Waals surface area contributed by atoms with Crippen LogP contribution in [0.1, 0.15) is 0 Å². The molecule has 6 rings (SSSR count). The molecule has 0 amide bonds. The van der Waals surface area contributed by atoms with Gasteiger partial charge in [0.25, 0.3) is 0 Å². The Morgan fingerprint density at radius 1 is 0.400 bits per heavy atom. The molecule has 0 saturated heterocycles. The van der Waals surface area contributed by atoms with Crippen LogP contribution in [-0.2, 0) is 6.67 Å². The van der Waals surface area contributed by atoms with E-state index in [9.17, 15) is 0 Å². The SMILES string of the molecule is c1ccc(-c2cc(-c3ccccc3)n(Cn3nc(-c4ccccc4)cc3-c3ccccc3)n2)cc1. The normalized spacial score (nSPS) is 11.0. The molecule has 0 fully saturated rings. The second-order valence-corrected chi connectivity index (χ2v) is 8.43. The van der Waals surface area contributed by atoms with E-state index < -0.39 is 0 Å². The minimum atomic E-state index is 0.494. The van der Waals surface area contributed by atoms with E-state index in [0.717, 1.165) is 45.0 Å². The fraction of sp³-hybridized carbons (Fsp3) is 0.0323. The van der Waals surface area contributed by atoms with E-state index >= 15 is 0 Å². The van der Waals surface area contributed by atoms with Gasteiger partial charge in [-0.25, -0.2) is 9.36 Å². The fourth-order valence-corrected chi connectivity index (χ4v) is 4.36. The Hall–Kier alpha value is -4.70. The summed E-state index contributed by atoms with van der Waals surface area (Å²) in [7, 11) is 0. The highest BCUT2D eigenvalue weighted by atomic mass is 15.4. The van der Waals surface area contributed by atoms with Crippen molar-refractivity contribution in [2.45, 2.75) is 6.67 Å². The summed E-state index contributed by atoms with van der Waals surface area (Å²) in [6, 6.07) is 45.8. The molecule has 0 unspecified atom stereocenters. The summed E-state index contributed by atoms with van der Waals surface area (Å²) in [6.45, 7) is 0.494. The third-order valence-corrected chi connectivity index (χ3v) is 6.11. The summed E-state index contributed by atoms with van der Waals surface area (Å²) >= 11 is 0. The summed E-state index contributed by atoms with van der Waals surface area (Å²) in [5.41, 5.74) is 8.44. The Balaban J connectivity index is 1.48. The third-order valence-electron chi connectivity index (χ3n) is 6.11. The Kier molecular flexibility index (Phi) is 5.53. The highest BCUT2D eigenvalue weighted by Crippen LogP contribution is 2.29. The molecule has 0 saturated carbocycles. The van der Waals surface area contributed by atoms with Gasteiger partial charge in [-0.3, -0.25) is 0 Å². The lowest BCUT2D eigenvalue weighted by Crippen LogP contribution is -2.13. The summed E-state index contributed by atoms with van der Waals surface area (Å²) < 4.78 is 4.10. The molecule has 35 heavy (non-hydrogen) atoms. The molecule has 0 aliphatic carbocycles. The first-order valence-corrected chi connectivity index (χ1v) is 11.7. The van der Waals surface area contributed by atoms with E-state index in [-0.39, 0.29) is 0 Å². The third kappa shape index (κ3) is 4.30. The first-order chi connectivity index (χ1) is 17.3. The van der Waals surface area contributed by atoms with Crippen LogP contribution in [-0.4, -0.2) is 19.6 Å².